The van der Waals surface area contributed by atoms with Gasteiger partial charge in [-0.25, -0.2) is 14.5 Å². The minimum Gasteiger partial charge on any atom is -0.388 e. The summed E-state index contributed by atoms with van der Waals surface area (Å²) in [6, 6.07) is 12.3. The first-order valence-corrected chi connectivity index (χ1v) is 10.2. The fourth-order valence-electron chi connectivity index (χ4n) is 3.89. The molecule has 2 aromatic carbocycles. The van der Waals surface area contributed by atoms with Gasteiger partial charge in [0.15, 0.2) is 0 Å². The molecule has 3 aromatic rings. The van der Waals surface area contributed by atoms with Gasteiger partial charge in [-0.1, -0.05) is 30.3 Å². The van der Waals surface area contributed by atoms with Crippen LogP contribution in [-0.2, 0) is 6.18 Å². The molecule has 0 aliphatic carbocycles. The average Bonchev–Trinajstić information content (AvgIpc) is 3.34. The number of piperidine rings is 1. The SMILES string of the molecule is O=C(Nc1ccc(-n2cncn2)cc1C(F)(F)F)N1CCC([C@H](O)c2ccccc2)CC1. The molecule has 1 saturated heterocycles. The van der Waals surface area contributed by atoms with Crippen molar-refractivity contribution in [2.24, 2.45) is 5.92 Å². The first-order chi connectivity index (χ1) is 15.3. The molecule has 1 aromatic heterocycles. The highest BCUT2D eigenvalue weighted by molar-refractivity contribution is 5.90. The molecule has 10 heteroatoms. The Morgan fingerprint density at radius 3 is 2.47 bits per heavy atom. The summed E-state index contributed by atoms with van der Waals surface area (Å²) in [5.41, 5.74) is -0.285. The number of aromatic nitrogens is 3. The Hall–Kier alpha value is -3.40. The second-order valence-corrected chi connectivity index (χ2v) is 7.68. The van der Waals surface area contributed by atoms with Gasteiger partial charge in [0.1, 0.15) is 12.7 Å². The molecule has 1 aliphatic rings. The second kappa shape index (κ2) is 8.99. The van der Waals surface area contributed by atoms with Crippen molar-refractivity contribution in [2.45, 2.75) is 25.1 Å². The lowest BCUT2D eigenvalue weighted by molar-refractivity contribution is -0.136. The van der Waals surface area contributed by atoms with Crippen molar-refractivity contribution < 1.29 is 23.1 Å². The first kappa shape index (κ1) is 21.8. The standard InChI is InChI=1S/C22H22F3N5O2/c23-22(24,25)18-12-17(30-14-26-13-27-30)6-7-19(18)28-21(32)29-10-8-16(9-11-29)20(31)15-4-2-1-3-5-15/h1-7,12-14,16,20,31H,8-11H2,(H,28,32)/t20-/m1/s1. The van der Waals surface area contributed by atoms with Crippen LogP contribution in [0.25, 0.3) is 5.69 Å². The van der Waals surface area contributed by atoms with Gasteiger partial charge < -0.3 is 15.3 Å². The fraction of sp³-hybridized carbons (Fsp3) is 0.318. The maximum absolute atomic E-state index is 13.6. The van der Waals surface area contributed by atoms with E-state index in [9.17, 15) is 23.1 Å². The monoisotopic (exact) mass is 445 g/mol. The van der Waals surface area contributed by atoms with E-state index in [0.29, 0.717) is 25.9 Å². The molecule has 32 heavy (non-hydrogen) atoms. The van der Waals surface area contributed by atoms with E-state index in [1.807, 2.05) is 30.3 Å². The number of likely N-dealkylation sites (tertiary alicyclic amines) is 1. The van der Waals surface area contributed by atoms with E-state index in [-0.39, 0.29) is 17.3 Å². The Kier molecular flexibility index (Phi) is 6.13. The molecule has 0 radical (unpaired) electrons. The van der Waals surface area contributed by atoms with E-state index in [0.717, 1.165) is 11.6 Å². The zero-order valence-corrected chi connectivity index (χ0v) is 17.0. The number of nitrogens with zero attached hydrogens (tertiary/aromatic N) is 4. The Labute approximate surface area is 182 Å². The van der Waals surface area contributed by atoms with Crippen LogP contribution in [0.5, 0.6) is 0 Å². The van der Waals surface area contributed by atoms with Gasteiger partial charge in [-0.2, -0.15) is 18.3 Å². The Balaban J connectivity index is 1.43. The van der Waals surface area contributed by atoms with Crippen molar-refractivity contribution in [3.05, 3.63) is 72.3 Å². The van der Waals surface area contributed by atoms with Gasteiger partial charge in [0.2, 0.25) is 0 Å². The minimum absolute atomic E-state index is 0.0193. The van der Waals surface area contributed by atoms with Crippen LogP contribution in [0, 0.1) is 5.92 Å². The van der Waals surface area contributed by atoms with E-state index >= 15 is 0 Å². The summed E-state index contributed by atoms with van der Waals surface area (Å²) in [5.74, 6) is -0.0193. The molecule has 1 aliphatic heterocycles. The van der Waals surface area contributed by atoms with Crippen molar-refractivity contribution in [2.75, 3.05) is 18.4 Å². The summed E-state index contributed by atoms with van der Waals surface area (Å²) in [6.07, 6.45) is -1.67. The molecule has 0 bridgehead atoms. The maximum Gasteiger partial charge on any atom is 0.418 e. The molecule has 0 saturated carbocycles. The fourth-order valence-corrected chi connectivity index (χ4v) is 3.89. The van der Waals surface area contributed by atoms with E-state index in [1.54, 1.807) is 0 Å². The van der Waals surface area contributed by atoms with Crippen LogP contribution >= 0.6 is 0 Å². The third-order valence-electron chi connectivity index (χ3n) is 5.65. The Morgan fingerprint density at radius 2 is 1.84 bits per heavy atom. The lowest BCUT2D eigenvalue weighted by atomic mass is 9.87. The van der Waals surface area contributed by atoms with Crippen LogP contribution in [-0.4, -0.2) is 43.9 Å². The molecule has 0 spiro atoms. The number of aliphatic hydroxyl groups is 1. The van der Waals surface area contributed by atoms with Crippen LogP contribution in [0.2, 0.25) is 0 Å². The molecule has 168 valence electrons. The third-order valence-corrected chi connectivity index (χ3v) is 5.65. The highest BCUT2D eigenvalue weighted by atomic mass is 19.4. The molecule has 1 fully saturated rings. The Bertz CT molecular complexity index is 1050. The lowest BCUT2D eigenvalue weighted by Crippen LogP contribution is -2.42. The van der Waals surface area contributed by atoms with Crippen LogP contribution in [0.15, 0.2) is 61.2 Å². The van der Waals surface area contributed by atoms with Crippen LogP contribution < -0.4 is 5.32 Å². The predicted molar refractivity (Wildman–Crippen MR) is 111 cm³/mol. The van der Waals surface area contributed by atoms with Crippen molar-refractivity contribution >= 4 is 11.7 Å². The summed E-state index contributed by atoms with van der Waals surface area (Å²) in [6.45, 7) is 0.692. The summed E-state index contributed by atoms with van der Waals surface area (Å²) in [4.78, 5) is 17.9. The van der Waals surface area contributed by atoms with Crippen molar-refractivity contribution in [3.8, 4) is 5.69 Å². The molecular formula is C22H22F3N5O2. The van der Waals surface area contributed by atoms with Gasteiger partial charge in [0.05, 0.1) is 23.0 Å². The highest BCUT2D eigenvalue weighted by Crippen LogP contribution is 2.37. The molecule has 1 atom stereocenters. The van der Waals surface area contributed by atoms with E-state index in [1.165, 1.54) is 34.4 Å². The van der Waals surface area contributed by atoms with Gasteiger partial charge in [-0.15, -0.1) is 0 Å². The zero-order valence-electron chi connectivity index (χ0n) is 17.0. The van der Waals surface area contributed by atoms with E-state index < -0.39 is 23.9 Å². The normalized spacial score (nSPS) is 16.1. The number of benzene rings is 2. The number of hydrogen-bond donors (Lipinski definition) is 2. The number of hydrogen-bond acceptors (Lipinski definition) is 4. The zero-order chi connectivity index (χ0) is 22.7. The third kappa shape index (κ3) is 4.75. The number of aliphatic hydroxyl groups excluding tert-OH is 1. The van der Waals surface area contributed by atoms with E-state index in [2.05, 4.69) is 15.4 Å². The maximum atomic E-state index is 13.6. The van der Waals surface area contributed by atoms with Crippen LogP contribution in [0.3, 0.4) is 0 Å². The number of halogens is 3. The average molecular weight is 445 g/mol. The van der Waals surface area contributed by atoms with E-state index in [4.69, 9.17) is 0 Å². The van der Waals surface area contributed by atoms with Crippen molar-refractivity contribution in [3.63, 3.8) is 0 Å². The van der Waals surface area contributed by atoms with Gasteiger partial charge in [-0.05, 0) is 42.5 Å². The summed E-state index contributed by atoms with van der Waals surface area (Å²) < 4.78 is 42.1. The number of nitrogens with one attached hydrogen (secondary N) is 1. The van der Waals surface area contributed by atoms with Crippen LogP contribution in [0.1, 0.15) is 30.1 Å². The first-order valence-electron chi connectivity index (χ1n) is 10.2. The van der Waals surface area contributed by atoms with Crippen molar-refractivity contribution in [1.82, 2.24) is 19.7 Å². The summed E-state index contributed by atoms with van der Waals surface area (Å²) in [5, 5.41) is 16.8. The van der Waals surface area contributed by atoms with Gasteiger partial charge in [-0.3, -0.25) is 0 Å². The number of carbonyl (C=O) groups is 1. The van der Waals surface area contributed by atoms with Crippen LogP contribution in [0.4, 0.5) is 23.7 Å². The second-order valence-electron chi connectivity index (χ2n) is 7.68. The molecule has 2 heterocycles. The van der Waals surface area contributed by atoms with Crippen molar-refractivity contribution in [1.29, 1.82) is 0 Å². The molecule has 2 amide bonds. The molecule has 2 N–H and O–H groups in total. The Morgan fingerprint density at radius 1 is 1.12 bits per heavy atom. The number of amides is 2. The number of alkyl halides is 3. The minimum atomic E-state index is -4.66. The number of urea groups is 1. The topological polar surface area (TPSA) is 83.3 Å². The molecule has 4 rings (SSSR count). The summed E-state index contributed by atoms with van der Waals surface area (Å²) in [7, 11) is 0. The molecule has 7 nitrogen and oxygen atoms in total. The number of rotatable bonds is 4. The predicted octanol–water partition coefficient (Wildman–Crippen LogP) is 4.26. The summed E-state index contributed by atoms with van der Waals surface area (Å²) >= 11 is 0. The molecule has 0 unspecified atom stereocenters. The lowest BCUT2D eigenvalue weighted by Gasteiger charge is -2.34. The smallest absolute Gasteiger partial charge is 0.388 e. The highest BCUT2D eigenvalue weighted by Gasteiger charge is 2.35. The number of carbonyl (C=O) groups excluding carboxylic acids is 1. The number of anilines is 1. The molecular weight excluding hydrogens is 423 g/mol. The van der Waals surface area contributed by atoms with Gasteiger partial charge in [0.25, 0.3) is 0 Å². The van der Waals surface area contributed by atoms with Gasteiger partial charge in [0, 0.05) is 13.1 Å². The largest absolute Gasteiger partial charge is 0.418 e. The van der Waals surface area contributed by atoms with Gasteiger partial charge >= 0.3 is 12.2 Å². The quantitative estimate of drug-likeness (QED) is 0.629.